The van der Waals surface area contributed by atoms with Gasteiger partial charge in [-0.2, -0.15) is 0 Å². The third-order valence-corrected chi connectivity index (χ3v) is 8.64. The van der Waals surface area contributed by atoms with Gasteiger partial charge in [-0.25, -0.2) is 9.59 Å². The summed E-state index contributed by atoms with van der Waals surface area (Å²) < 4.78 is 4.22. The molecule has 5 atom stereocenters. The van der Waals surface area contributed by atoms with E-state index in [0.717, 1.165) is 5.56 Å². The molecule has 0 bridgehead atoms. The molecule has 1 aliphatic carbocycles. The number of Topliss-reactive ketones (excluding diaryl/α,β-unsaturated/α-hetero) is 1. The molecule has 0 radical (unpaired) electrons. The van der Waals surface area contributed by atoms with Gasteiger partial charge in [-0.3, -0.25) is 19.2 Å². The quantitative estimate of drug-likeness (QED) is 0.171. The topological polar surface area (TPSA) is 177 Å². The van der Waals surface area contributed by atoms with Crippen molar-refractivity contribution in [3.05, 3.63) is 35.9 Å². The largest absolute Gasteiger partial charge is 0.459 e. The van der Waals surface area contributed by atoms with Crippen molar-refractivity contribution in [2.75, 3.05) is 13.1 Å². The fourth-order valence-electron chi connectivity index (χ4n) is 5.05. The number of carbonyl (C=O) groups is 6. The Morgan fingerprint density at radius 2 is 1.53 bits per heavy atom. The van der Waals surface area contributed by atoms with Crippen molar-refractivity contribution >= 4 is 58.7 Å². The average Bonchev–Trinajstić information content (AvgIpc) is 3.22. The highest BCUT2D eigenvalue weighted by Gasteiger charge is 2.74. The number of nitrogens with one attached hydrogen (secondary N) is 3. The summed E-state index contributed by atoms with van der Waals surface area (Å²) in [5, 5.41) is 7.66. The van der Waals surface area contributed by atoms with Gasteiger partial charge in [-0.15, -0.1) is 23.2 Å². The van der Waals surface area contributed by atoms with E-state index in [1.54, 1.807) is 41.5 Å². The summed E-state index contributed by atoms with van der Waals surface area (Å²) in [6.45, 7) is 9.89. The number of likely N-dealkylation sites (tertiary alicyclic amines) is 1. The van der Waals surface area contributed by atoms with Crippen LogP contribution in [0.25, 0.3) is 0 Å². The number of benzene rings is 1. The van der Waals surface area contributed by atoms with Gasteiger partial charge in [-0.1, -0.05) is 71.9 Å². The van der Waals surface area contributed by atoms with Gasteiger partial charge < -0.3 is 31.3 Å². The highest BCUT2D eigenvalue weighted by molar-refractivity contribution is 6.51. The average molecular weight is 641 g/mol. The number of amides is 5. The molecule has 43 heavy (non-hydrogen) atoms. The standard InChI is InChI=1S/C29H39Cl2N5O7/c1-27(2,3)20(34-26(42)35-21(28(4,5)6)25(41)43-14-15-10-8-7-9-11-15)24(40)36-13-16-18(29(16,30)31)19(36)23(39)33-12-17(37)22(32)38/h7-11,16,18-21H,12-14H2,1-6H3,(H2,32,38)(H,33,39)(H2,34,35,42)/t16-,18-,19-,20+,21+/m0/s1. The first-order chi connectivity index (χ1) is 19.8. The number of hydrogen-bond acceptors (Lipinski definition) is 7. The highest BCUT2D eigenvalue weighted by Crippen LogP contribution is 2.65. The Labute approximate surface area is 260 Å². The van der Waals surface area contributed by atoms with Crippen molar-refractivity contribution in [1.29, 1.82) is 0 Å². The molecule has 5 amide bonds. The highest BCUT2D eigenvalue weighted by atomic mass is 35.5. The van der Waals surface area contributed by atoms with E-state index in [1.165, 1.54) is 4.90 Å². The monoisotopic (exact) mass is 639 g/mol. The van der Waals surface area contributed by atoms with Crippen molar-refractivity contribution in [2.24, 2.45) is 28.4 Å². The molecule has 0 aromatic heterocycles. The molecule has 1 aliphatic heterocycles. The molecule has 1 aromatic carbocycles. The lowest BCUT2D eigenvalue weighted by Gasteiger charge is -2.37. The van der Waals surface area contributed by atoms with Crippen LogP contribution in [-0.4, -0.2) is 76.0 Å². The van der Waals surface area contributed by atoms with Crippen LogP contribution in [0.15, 0.2) is 30.3 Å². The summed E-state index contributed by atoms with van der Waals surface area (Å²) in [7, 11) is 0. The zero-order valence-electron chi connectivity index (χ0n) is 25.0. The Balaban J connectivity index is 1.75. The molecule has 1 aromatic rings. The van der Waals surface area contributed by atoms with Crippen molar-refractivity contribution in [3.63, 3.8) is 0 Å². The third-order valence-electron chi connectivity index (χ3n) is 7.57. The van der Waals surface area contributed by atoms with Gasteiger partial charge >= 0.3 is 12.0 Å². The molecule has 2 aliphatic rings. The molecule has 1 heterocycles. The van der Waals surface area contributed by atoms with Gasteiger partial charge in [0.1, 0.15) is 29.1 Å². The number of urea groups is 1. The lowest BCUT2D eigenvalue weighted by atomic mass is 9.85. The van der Waals surface area contributed by atoms with Crippen molar-refractivity contribution in [1.82, 2.24) is 20.9 Å². The summed E-state index contributed by atoms with van der Waals surface area (Å²) in [6.07, 6.45) is 0. The van der Waals surface area contributed by atoms with Gasteiger partial charge in [0.15, 0.2) is 0 Å². The first-order valence-electron chi connectivity index (χ1n) is 13.8. The number of primary amides is 1. The maximum absolute atomic E-state index is 13.9. The van der Waals surface area contributed by atoms with Crippen LogP contribution in [0.2, 0.25) is 0 Å². The number of piperidine rings is 1. The molecule has 0 unspecified atom stereocenters. The van der Waals surface area contributed by atoms with Crippen LogP contribution in [0.4, 0.5) is 4.79 Å². The minimum Gasteiger partial charge on any atom is -0.459 e. The molecular formula is C29H39Cl2N5O7. The number of rotatable bonds is 10. The maximum Gasteiger partial charge on any atom is 0.329 e. The second kappa shape index (κ2) is 12.7. The Morgan fingerprint density at radius 1 is 0.977 bits per heavy atom. The second-order valence-electron chi connectivity index (χ2n) is 13.1. The van der Waals surface area contributed by atoms with Crippen LogP contribution in [-0.2, 0) is 35.3 Å². The van der Waals surface area contributed by atoms with E-state index in [1.807, 2.05) is 30.3 Å². The minimum atomic E-state index is -1.26. The SMILES string of the molecule is CC(C)(C)[C@H](NC(=O)N[C@H](C(=O)N1C[C@H]2[C@@H]([C@H]1C(=O)NCC(=O)C(N)=O)C2(Cl)Cl)C(C)(C)C)C(=O)OCc1ccccc1. The fourth-order valence-corrected chi connectivity index (χ4v) is 5.88. The molecule has 12 nitrogen and oxygen atoms in total. The summed E-state index contributed by atoms with van der Waals surface area (Å²) in [5.41, 5.74) is 4.17. The van der Waals surface area contributed by atoms with E-state index in [2.05, 4.69) is 16.0 Å². The number of ether oxygens (including phenoxy) is 1. The van der Waals surface area contributed by atoms with Crippen molar-refractivity contribution < 1.29 is 33.5 Å². The van der Waals surface area contributed by atoms with Crippen LogP contribution in [0.3, 0.4) is 0 Å². The van der Waals surface area contributed by atoms with Crippen LogP contribution in [0.5, 0.6) is 0 Å². The predicted octanol–water partition coefficient (Wildman–Crippen LogP) is 1.66. The summed E-state index contributed by atoms with van der Waals surface area (Å²) in [4.78, 5) is 77.4. The fraction of sp³-hybridized carbons (Fsp3) is 0.586. The van der Waals surface area contributed by atoms with Crippen molar-refractivity contribution in [2.45, 2.75) is 70.6 Å². The van der Waals surface area contributed by atoms with E-state index in [9.17, 15) is 28.8 Å². The number of alkyl halides is 2. The Hall–Kier alpha value is -3.38. The third kappa shape index (κ3) is 7.97. The number of ketones is 1. The molecule has 0 spiro atoms. The molecule has 236 valence electrons. The molecule has 14 heteroatoms. The van der Waals surface area contributed by atoms with Crippen molar-refractivity contribution in [3.8, 4) is 0 Å². The first kappa shape index (κ1) is 34.1. The van der Waals surface area contributed by atoms with Crippen LogP contribution < -0.4 is 21.7 Å². The minimum absolute atomic E-state index is 0.0209. The molecule has 1 saturated heterocycles. The Bertz CT molecular complexity index is 1280. The normalized spacial score (nSPS) is 22.0. The van der Waals surface area contributed by atoms with Gasteiger partial charge in [0.05, 0.1) is 6.54 Å². The summed E-state index contributed by atoms with van der Waals surface area (Å²) >= 11 is 12.7. The number of carbonyl (C=O) groups excluding carboxylic acids is 6. The lowest BCUT2D eigenvalue weighted by Crippen LogP contribution is -2.62. The van der Waals surface area contributed by atoms with Crippen LogP contribution in [0.1, 0.15) is 47.1 Å². The molecular weight excluding hydrogens is 601 g/mol. The van der Waals surface area contributed by atoms with Gasteiger partial charge in [0, 0.05) is 18.4 Å². The smallest absolute Gasteiger partial charge is 0.329 e. The summed E-state index contributed by atoms with van der Waals surface area (Å²) in [5.74, 6) is -5.23. The molecule has 5 N–H and O–H groups in total. The van der Waals surface area contributed by atoms with E-state index in [-0.39, 0.29) is 13.2 Å². The number of fused-ring (bicyclic) bond motifs is 1. The van der Waals surface area contributed by atoms with Gasteiger partial charge in [0.2, 0.25) is 17.6 Å². The van der Waals surface area contributed by atoms with Gasteiger partial charge in [0.25, 0.3) is 5.91 Å². The number of hydrogen-bond donors (Lipinski definition) is 4. The van der Waals surface area contributed by atoms with E-state index in [0.29, 0.717) is 0 Å². The predicted molar refractivity (Wildman–Crippen MR) is 159 cm³/mol. The zero-order valence-corrected chi connectivity index (χ0v) is 26.5. The molecule has 2 fully saturated rings. The Kier molecular flexibility index (Phi) is 10.1. The number of esters is 1. The van der Waals surface area contributed by atoms with E-state index < -0.39 is 87.2 Å². The molecule has 1 saturated carbocycles. The maximum atomic E-state index is 13.9. The number of nitrogens with zero attached hydrogens (tertiary/aromatic N) is 1. The van der Waals surface area contributed by atoms with E-state index in [4.69, 9.17) is 33.7 Å². The second-order valence-corrected chi connectivity index (χ2v) is 14.5. The van der Waals surface area contributed by atoms with E-state index >= 15 is 0 Å². The van der Waals surface area contributed by atoms with Crippen LogP contribution >= 0.6 is 23.2 Å². The summed E-state index contributed by atoms with van der Waals surface area (Å²) in [6, 6.07) is 4.96. The lowest BCUT2D eigenvalue weighted by molar-refractivity contribution is -0.150. The van der Waals surface area contributed by atoms with Crippen LogP contribution in [0, 0.1) is 22.7 Å². The molecule has 3 rings (SSSR count). The Morgan fingerprint density at radius 3 is 2.07 bits per heavy atom. The first-order valence-corrected chi connectivity index (χ1v) is 14.6. The van der Waals surface area contributed by atoms with Gasteiger partial charge in [-0.05, 0) is 16.4 Å². The zero-order chi connectivity index (χ0) is 32.5. The number of halogens is 2. The number of nitrogens with two attached hydrogens (primary N) is 1.